The van der Waals surface area contributed by atoms with Gasteiger partial charge in [0.25, 0.3) is 0 Å². The molecule has 5 heteroatoms. The summed E-state index contributed by atoms with van der Waals surface area (Å²) in [6.45, 7) is 2.96. The number of piperidine rings is 1. The number of benzene rings is 1. The number of amides is 2. The molecule has 2 amide bonds. The molecular formula is C21H29N3O2. The van der Waals surface area contributed by atoms with Gasteiger partial charge in [0.1, 0.15) is 0 Å². The topological polar surface area (TPSA) is 61.4 Å². The van der Waals surface area contributed by atoms with Gasteiger partial charge >= 0.3 is 0 Å². The third-order valence-corrected chi connectivity index (χ3v) is 5.89. The van der Waals surface area contributed by atoms with E-state index < -0.39 is 0 Å². The Bertz CT molecular complexity index is 676. The maximum atomic E-state index is 12.5. The highest BCUT2D eigenvalue weighted by Gasteiger charge is 2.25. The van der Waals surface area contributed by atoms with Gasteiger partial charge in [0.15, 0.2) is 0 Å². The molecule has 1 saturated heterocycles. The van der Waals surface area contributed by atoms with E-state index >= 15 is 0 Å². The maximum absolute atomic E-state index is 12.5. The van der Waals surface area contributed by atoms with Crippen LogP contribution in [0.5, 0.6) is 0 Å². The molecular weight excluding hydrogens is 326 g/mol. The van der Waals surface area contributed by atoms with Crippen LogP contribution in [0, 0.1) is 5.92 Å². The highest BCUT2D eigenvalue weighted by Crippen LogP contribution is 2.28. The van der Waals surface area contributed by atoms with Gasteiger partial charge in [0.05, 0.1) is 6.42 Å². The normalized spacial score (nSPS) is 20.2. The van der Waals surface area contributed by atoms with Crippen LogP contribution in [-0.2, 0) is 22.4 Å². The first-order valence-corrected chi connectivity index (χ1v) is 10.1. The number of fused-ring (bicyclic) bond motifs is 1. The SMILES string of the molecule is O=C1Cc2cc(CCCC(=O)N3CCC(NCC4CC4)CC3)ccc2N1. The molecule has 2 fully saturated rings. The molecule has 0 bridgehead atoms. The molecule has 3 aliphatic rings. The molecule has 2 N–H and O–H groups in total. The average Bonchev–Trinajstić information content (AvgIpc) is 3.40. The third-order valence-electron chi connectivity index (χ3n) is 5.89. The van der Waals surface area contributed by atoms with Crippen molar-refractivity contribution in [1.82, 2.24) is 10.2 Å². The lowest BCUT2D eigenvalue weighted by Gasteiger charge is -2.32. The first-order chi connectivity index (χ1) is 12.7. The first kappa shape index (κ1) is 17.5. The van der Waals surface area contributed by atoms with Crippen molar-refractivity contribution in [2.24, 2.45) is 5.92 Å². The first-order valence-electron chi connectivity index (χ1n) is 10.1. The quantitative estimate of drug-likeness (QED) is 0.790. The van der Waals surface area contributed by atoms with Gasteiger partial charge in [-0.05, 0) is 68.2 Å². The van der Waals surface area contributed by atoms with Crippen LogP contribution in [0.15, 0.2) is 18.2 Å². The fourth-order valence-electron chi connectivity index (χ4n) is 4.03. The standard InChI is InChI=1S/C21H29N3O2/c25-20-13-17-12-15(6-7-19(17)23-20)2-1-3-21(26)24-10-8-18(9-11-24)22-14-16-4-5-16/h6-7,12,16,18,22H,1-5,8-11,13-14H2,(H,23,25). The number of anilines is 1. The van der Waals surface area contributed by atoms with Gasteiger partial charge in [0, 0.05) is 31.2 Å². The Balaban J connectivity index is 1.16. The summed E-state index contributed by atoms with van der Waals surface area (Å²) in [5.74, 6) is 1.29. The number of carbonyl (C=O) groups is 2. The van der Waals surface area contributed by atoms with Crippen LogP contribution in [0.3, 0.4) is 0 Å². The summed E-state index contributed by atoms with van der Waals surface area (Å²) in [4.78, 5) is 25.9. The van der Waals surface area contributed by atoms with Gasteiger partial charge in [-0.3, -0.25) is 9.59 Å². The van der Waals surface area contributed by atoms with E-state index in [-0.39, 0.29) is 5.91 Å². The van der Waals surface area contributed by atoms with Gasteiger partial charge in [-0.1, -0.05) is 12.1 Å². The summed E-state index contributed by atoms with van der Waals surface area (Å²) >= 11 is 0. The molecule has 1 aromatic rings. The molecule has 26 heavy (non-hydrogen) atoms. The average molecular weight is 355 g/mol. The summed E-state index contributed by atoms with van der Waals surface area (Å²) < 4.78 is 0. The van der Waals surface area contributed by atoms with Crippen LogP contribution >= 0.6 is 0 Å². The van der Waals surface area contributed by atoms with Crippen molar-refractivity contribution < 1.29 is 9.59 Å². The third kappa shape index (κ3) is 4.44. The Hall–Kier alpha value is -1.88. The molecule has 2 aliphatic heterocycles. The van der Waals surface area contributed by atoms with Crippen molar-refractivity contribution in [2.45, 2.75) is 57.4 Å². The van der Waals surface area contributed by atoms with Gasteiger partial charge in [-0.15, -0.1) is 0 Å². The fourth-order valence-corrected chi connectivity index (χ4v) is 4.03. The number of nitrogens with zero attached hydrogens (tertiary/aromatic N) is 1. The zero-order valence-electron chi connectivity index (χ0n) is 15.4. The number of aryl methyl sites for hydroxylation is 1. The van der Waals surface area contributed by atoms with Gasteiger partial charge in [-0.25, -0.2) is 0 Å². The van der Waals surface area contributed by atoms with E-state index in [9.17, 15) is 9.59 Å². The summed E-state index contributed by atoms with van der Waals surface area (Å²) in [6, 6.07) is 6.75. The smallest absolute Gasteiger partial charge is 0.228 e. The molecule has 0 radical (unpaired) electrons. The Labute approximate surface area is 155 Å². The molecule has 140 valence electrons. The van der Waals surface area contributed by atoms with Crippen molar-refractivity contribution >= 4 is 17.5 Å². The van der Waals surface area contributed by atoms with Gasteiger partial charge in [-0.2, -0.15) is 0 Å². The lowest BCUT2D eigenvalue weighted by atomic mass is 10.0. The predicted molar refractivity (Wildman–Crippen MR) is 102 cm³/mol. The largest absolute Gasteiger partial charge is 0.343 e. The Morgan fingerprint density at radius 2 is 2.00 bits per heavy atom. The predicted octanol–water partition coefficient (Wildman–Crippen LogP) is 2.49. The van der Waals surface area contributed by atoms with E-state index in [4.69, 9.17) is 0 Å². The minimum absolute atomic E-state index is 0.0716. The number of hydrogen-bond donors (Lipinski definition) is 2. The van der Waals surface area contributed by atoms with Crippen LogP contribution in [0.1, 0.15) is 49.7 Å². The van der Waals surface area contributed by atoms with E-state index in [2.05, 4.69) is 22.8 Å². The number of hydrogen-bond acceptors (Lipinski definition) is 3. The van der Waals surface area contributed by atoms with Crippen molar-refractivity contribution in [3.63, 3.8) is 0 Å². The minimum atomic E-state index is 0.0716. The van der Waals surface area contributed by atoms with Crippen LogP contribution in [-0.4, -0.2) is 42.4 Å². The Morgan fingerprint density at radius 3 is 2.77 bits per heavy atom. The van der Waals surface area contributed by atoms with Crippen molar-refractivity contribution in [1.29, 1.82) is 0 Å². The van der Waals surface area contributed by atoms with E-state index in [1.807, 2.05) is 11.0 Å². The number of likely N-dealkylation sites (tertiary alicyclic amines) is 1. The monoisotopic (exact) mass is 355 g/mol. The second-order valence-corrected chi connectivity index (χ2v) is 8.08. The molecule has 0 spiro atoms. The zero-order valence-corrected chi connectivity index (χ0v) is 15.4. The van der Waals surface area contributed by atoms with Crippen LogP contribution in [0.25, 0.3) is 0 Å². The lowest BCUT2D eigenvalue weighted by molar-refractivity contribution is -0.132. The van der Waals surface area contributed by atoms with Crippen LogP contribution in [0.2, 0.25) is 0 Å². The lowest BCUT2D eigenvalue weighted by Crippen LogP contribution is -2.45. The molecule has 5 nitrogen and oxygen atoms in total. The summed E-state index contributed by atoms with van der Waals surface area (Å²) in [6.07, 6.45) is 7.82. The zero-order chi connectivity index (χ0) is 17.9. The van der Waals surface area contributed by atoms with E-state index in [0.717, 1.165) is 55.9 Å². The minimum Gasteiger partial charge on any atom is -0.343 e. The van der Waals surface area contributed by atoms with Crippen molar-refractivity contribution in [2.75, 3.05) is 25.0 Å². The van der Waals surface area contributed by atoms with Gasteiger partial charge in [0.2, 0.25) is 11.8 Å². The van der Waals surface area contributed by atoms with E-state index in [1.54, 1.807) is 0 Å². The second kappa shape index (κ2) is 7.78. The number of carbonyl (C=O) groups excluding carboxylic acids is 2. The summed E-state index contributed by atoms with van der Waals surface area (Å²) in [7, 11) is 0. The van der Waals surface area contributed by atoms with Crippen molar-refractivity contribution in [3.05, 3.63) is 29.3 Å². The molecule has 2 heterocycles. The van der Waals surface area contributed by atoms with E-state index in [1.165, 1.54) is 24.9 Å². The molecule has 0 aromatic heterocycles. The molecule has 0 unspecified atom stereocenters. The van der Waals surface area contributed by atoms with Crippen LogP contribution < -0.4 is 10.6 Å². The number of rotatable bonds is 7. The molecule has 1 aliphatic carbocycles. The van der Waals surface area contributed by atoms with Crippen LogP contribution in [0.4, 0.5) is 5.69 Å². The molecule has 4 rings (SSSR count). The molecule has 0 atom stereocenters. The highest BCUT2D eigenvalue weighted by molar-refractivity contribution is 5.99. The Kier molecular flexibility index (Phi) is 5.25. The van der Waals surface area contributed by atoms with E-state index in [0.29, 0.717) is 24.8 Å². The maximum Gasteiger partial charge on any atom is 0.228 e. The fraction of sp³-hybridized carbons (Fsp3) is 0.619. The van der Waals surface area contributed by atoms with Gasteiger partial charge < -0.3 is 15.5 Å². The molecule has 1 aromatic carbocycles. The summed E-state index contributed by atoms with van der Waals surface area (Å²) in [5.41, 5.74) is 3.24. The second-order valence-electron chi connectivity index (χ2n) is 8.08. The Morgan fingerprint density at radius 1 is 1.19 bits per heavy atom. The highest BCUT2D eigenvalue weighted by atomic mass is 16.2. The number of nitrogens with one attached hydrogen (secondary N) is 2. The molecule has 1 saturated carbocycles. The summed E-state index contributed by atoms with van der Waals surface area (Å²) in [5, 5.41) is 6.52. The van der Waals surface area contributed by atoms with Crippen molar-refractivity contribution in [3.8, 4) is 0 Å².